The molecular formula is C26H21N3O4. The molecule has 0 bridgehead atoms. The molecule has 4 aromatic rings. The van der Waals surface area contributed by atoms with E-state index in [-0.39, 0.29) is 11.3 Å². The number of nitriles is 1. The van der Waals surface area contributed by atoms with Crippen LogP contribution in [0.2, 0.25) is 0 Å². The van der Waals surface area contributed by atoms with Crippen LogP contribution >= 0.6 is 0 Å². The number of fused-ring (bicyclic) bond motifs is 1. The quantitative estimate of drug-likeness (QED) is 0.319. The second-order valence-electron chi connectivity index (χ2n) is 7.72. The second kappa shape index (κ2) is 8.89. The van der Waals surface area contributed by atoms with Gasteiger partial charge < -0.3 is 19.4 Å². The van der Waals surface area contributed by atoms with Gasteiger partial charge in [0.15, 0.2) is 0 Å². The Morgan fingerprint density at radius 3 is 2.61 bits per heavy atom. The lowest BCUT2D eigenvalue weighted by molar-refractivity contribution is -0.112. The van der Waals surface area contributed by atoms with Crippen LogP contribution in [0.15, 0.2) is 70.8 Å². The lowest BCUT2D eigenvalue weighted by atomic mass is 10.1. The zero-order valence-electron chi connectivity index (χ0n) is 18.1. The van der Waals surface area contributed by atoms with Crippen LogP contribution in [0.1, 0.15) is 33.0 Å². The van der Waals surface area contributed by atoms with Crippen LogP contribution in [0, 0.1) is 25.2 Å². The standard InChI is InChI=1S/C26H21N3O4/c1-16-7-8-20(11-17(16)2)28-25(30)18(13-27)12-19-14-29(23-6-4-3-5-22(19)23)15-21-9-10-24(33-21)26(31)32/h3-12,14H,15H2,1-2H3,(H,28,30)(H,31,32)/b18-12-. The van der Waals surface area contributed by atoms with Crippen molar-refractivity contribution in [1.29, 1.82) is 5.26 Å². The second-order valence-corrected chi connectivity index (χ2v) is 7.72. The average Bonchev–Trinajstić information content (AvgIpc) is 3.40. The number of carbonyl (C=O) groups excluding carboxylic acids is 1. The van der Waals surface area contributed by atoms with Gasteiger partial charge in [-0.2, -0.15) is 5.26 Å². The van der Waals surface area contributed by atoms with Gasteiger partial charge in [-0.05, 0) is 61.4 Å². The van der Waals surface area contributed by atoms with Gasteiger partial charge in [0, 0.05) is 28.4 Å². The lowest BCUT2D eigenvalue weighted by Gasteiger charge is -2.07. The minimum Gasteiger partial charge on any atom is -0.475 e. The molecule has 0 unspecified atom stereocenters. The van der Waals surface area contributed by atoms with Crippen LogP contribution in [-0.2, 0) is 11.3 Å². The highest BCUT2D eigenvalue weighted by Gasteiger charge is 2.15. The third-order valence-electron chi connectivity index (χ3n) is 5.45. The number of amides is 1. The molecule has 2 aromatic carbocycles. The van der Waals surface area contributed by atoms with Crippen molar-refractivity contribution in [3.8, 4) is 6.07 Å². The van der Waals surface area contributed by atoms with Gasteiger partial charge in [0.1, 0.15) is 17.4 Å². The van der Waals surface area contributed by atoms with E-state index < -0.39 is 11.9 Å². The van der Waals surface area contributed by atoms with Gasteiger partial charge in [0.25, 0.3) is 5.91 Å². The zero-order chi connectivity index (χ0) is 23.5. The normalized spacial score (nSPS) is 11.4. The summed E-state index contributed by atoms with van der Waals surface area (Å²) in [5, 5.41) is 22.4. The number of hydrogen-bond acceptors (Lipinski definition) is 4. The van der Waals surface area contributed by atoms with Gasteiger partial charge in [-0.25, -0.2) is 4.79 Å². The number of para-hydroxylation sites is 1. The molecule has 1 amide bonds. The number of anilines is 1. The Kier molecular flexibility index (Phi) is 5.83. The Bertz CT molecular complexity index is 1450. The molecular weight excluding hydrogens is 418 g/mol. The van der Waals surface area contributed by atoms with Crippen LogP contribution < -0.4 is 5.32 Å². The number of hydrogen-bond donors (Lipinski definition) is 2. The number of furan rings is 1. The fourth-order valence-electron chi connectivity index (χ4n) is 3.59. The summed E-state index contributed by atoms with van der Waals surface area (Å²) in [5.41, 5.74) is 4.32. The molecule has 7 heteroatoms. The maximum atomic E-state index is 12.8. The van der Waals surface area contributed by atoms with Crippen molar-refractivity contribution in [3.05, 3.63) is 94.6 Å². The number of carbonyl (C=O) groups is 2. The summed E-state index contributed by atoms with van der Waals surface area (Å²) in [6.45, 7) is 4.25. The van der Waals surface area contributed by atoms with Crippen molar-refractivity contribution in [1.82, 2.24) is 4.57 Å². The molecule has 0 atom stereocenters. The SMILES string of the molecule is Cc1ccc(NC(=O)/C(C#N)=C\c2cn(Cc3ccc(C(=O)O)o3)c3ccccc23)cc1C. The number of carboxylic acids is 1. The summed E-state index contributed by atoms with van der Waals surface area (Å²) in [5.74, 6) is -1.27. The third-order valence-corrected chi connectivity index (χ3v) is 5.45. The Morgan fingerprint density at radius 2 is 1.91 bits per heavy atom. The van der Waals surface area contributed by atoms with Gasteiger partial charge in [-0.3, -0.25) is 4.79 Å². The average molecular weight is 439 g/mol. The molecule has 2 heterocycles. The van der Waals surface area contributed by atoms with Crippen LogP contribution in [-0.4, -0.2) is 21.6 Å². The molecule has 0 fully saturated rings. The summed E-state index contributed by atoms with van der Waals surface area (Å²) < 4.78 is 7.27. The van der Waals surface area contributed by atoms with Crippen molar-refractivity contribution in [2.75, 3.05) is 5.32 Å². The fourth-order valence-corrected chi connectivity index (χ4v) is 3.59. The predicted molar refractivity (Wildman–Crippen MR) is 125 cm³/mol. The van der Waals surface area contributed by atoms with Gasteiger partial charge in [0.2, 0.25) is 5.76 Å². The highest BCUT2D eigenvalue weighted by atomic mass is 16.4. The molecule has 164 valence electrons. The number of aryl methyl sites for hydroxylation is 2. The molecule has 0 spiro atoms. The summed E-state index contributed by atoms with van der Waals surface area (Å²) in [7, 11) is 0. The molecule has 0 saturated heterocycles. The number of aromatic nitrogens is 1. The molecule has 7 nitrogen and oxygen atoms in total. The first-order valence-corrected chi connectivity index (χ1v) is 10.3. The van der Waals surface area contributed by atoms with Crippen molar-refractivity contribution < 1.29 is 19.1 Å². The van der Waals surface area contributed by atoms with Gasteiger partial charge in [0.05, 0.1) is 6.54 Å². The highest BCUT2D eigenvalue weighted by Crippen LogP contribution is 2.25. The molecule has 0 aliphatic heterocycles. The summed E-state index contributed by atoms with van der Waals surface area (Å²) in [6, 6.07) is 18.2. The van der Waals surface area contributed by atoms with E-state index in [1.807, 2.05) is 67.1 Å². The van der Waals surface area contributed by atoms with E-state index >= 15 is 0 Å². The van der Waals surface area contributed by atoms with Crippen LogP contribution in [0.5, 0.6) is 0 Å². The van der Waals surface area contributed by atoms with Gasteiger partial charge in [-0.1, -0.05) is 24.3 Å². The van der Waals surface area contributed by atoms with Crippen molar-refractivity contribution in [3.63, 3.8) is 0 Å². The first-order valence-electron chi connectivity index (χ1n) is 10.3. The minimum absolute atomic E-state index is 0.0257. The minimum atomic E-state index is -1.13. The topological polar surface area (TPSA) is 108 Å². The van der Waals surface area contributed by atoms with E-state index in [1.165, 1.54) is 6.07 Å². The van der Waals surface area contributed by atoms with Crippen molar-refractivity contribution in [2.45, 2.75) is 20.4 Å². The summed E-state index contributed by atoms with van der Waals surface area (Å²) in [6.07, 6.45) is 3.37. The molecule has 0 saturated carbocycles. The van der Waals surface area contributed by atoms with E-state index in [1.54, 1.807) is 18.2 Å². The van der Waals surface area contributed by atoms with Crippen molar-refractivity contribution in [2.24, 2.45) is 0 Å². The van der Waals surface area contributed by atoms with Gasteiger partial charge >= 0.3 is 5.97 Å². The highest BCUT2D eigenvalue weighted by molar-refractivity contribution is 6.10. The summed E-state index contributed by atoms with van der Waals surface area (Å²) >= 11 is 0. The van der Waals surface area contributed by atoms with Crippen LogP contribution in [0.25, 0.3) is 17.0 Å². The number of nitrogens with zero attached hydrogens (tertiary/aromatic N) is 2. The summed E-state index contributed by atoms with van der Waals surface area (Å²) in [4.78, 5) is 23.9. The zero-order valence-corrected chi connectivity index (χ0v) is 18.1. The molecule has 2 aromatic heterocycles. The molecule has 0 aliphatic carbocycles. The van der Waals surface area contributed by atoms with E-state index in [4.69, 9.17) is 9.52 Å². The van der Waals surface area contributed by atoms with E-state index in [0.29, 0.717) is 23.6 Å². The van der Waals surface area contributed by atoms with Crippen LogP contribution in [0.3, 0.4) is 0 Å². The third kappa shape index (κ3) is 4.55. The van der Waals surface area contributed by atoms with Crippen molar-refractivity contribution >= 4 is 34.5 Å². The number of nitrogens with one attached hydrogen (secondary N) is 1. The van der Waals surface area contributed by atoms with Gasteiger partial charge in [-0.15, -0.1) is 0 Å². The number of aromatic carboxylic acids is 1. The fraction of sp³-hybridized carbons (Fsp3) is 0.115. The number of carboxylic acid groups (broad SMARTS) is 1. The maximum Gasteiger partial charge on any atom is 0.371 e. The Balaban J connectivity index is 1.66. The molecule has 2 N–H and O–H groups in total. The smallest absolute Gasteiger partial charge is 0.371 e. The predicted octanol–water partition coefficient (Wildman–Crippen LogP) is 5.14. The largest absolute Gasteiger partial charge is 0.475 e. The maximum absolute atomic E-state index is 12.8. The Labute approximate surface area is 190 Å². The molecule has 0 radical (unpaired) electrons. The number of rotatable bonds is 6. The number of benzene rings is 2. The lowest BCUT2D eigenvalue weighted by Crippen LogP contribution is -2.13. The first-order chi connectivity index (χ1) is 15.9. The Morgan fingerprint density at radius 1 is 1.12 bits per heavy atom. The monoisotopic (exact) mass is 439 g/mol. The van der Waals surface area contributed by atoms with E-state index in [9.17, 15) is 14.9 Å². The first kappa shape index (κ1) is 21.7. The molecule has 0 aliphatic rings. The molecule has 4 rings (SSSR count). The Hall–Kier alpha value is -4.57. The molecule has 33 heavy (non-hydrogen) atoms. The van der Waals surface area contributed by atoms with E-state index in [0.717, 1.165) is 22.0 Å². The van der Waals surface area contributed by atoms with E-state index in [2.05, 4.69) is 5.32 Å². The van der Waals surface area contributed by atoms with Crippen LogP contribution in [0.4, 0.5) is 5.69 Å².